The number of halogens is 1. The third-order valence-corrected chi connectivity index (χ3v) is 5.13. The number of nitrogens with zero attached hydrogens (tertiary/aromatic N) is 4. The van der Waals surface area contributed by atoms with E-state index in [1.54, 1.807) is 18.3 Å². The Morgan fingerprint density at radius 1 is 1.08 bits per heavy atom. The number of amides is 1. The van der Waals surface area contributed by atoms with Gasteiger partial charge in [-0.15, -0.1) is 0 Å². The van der Waals surface area contributed by atoms with Crippen LogP contribution < -0.4 is 0 Å². The molecule has 1 aliphatic rings. The van der Waals surface area contributed by atoms with Crippen LogP contribution in [0.15, 0.2) is 48.8 Å². The number of benzene rings is 1. The average Bonchev–Trinajstić information content (AvgIpc) is 3.16. The fraction of sp³-hybridized carbons (Fsp3) is 0.350. The lowest BCUT2D eigenvalue weighted by Gasteiger charge is -2.32. The molecule has 0 N–H and O–H groups in total. The van der Waals surface area contributed by atoms with Crippen LogP contribution in [0.1, 0.15) is 36.4 Å². The van der Waals surface area contributed by atoms with E-state index in [0.717, 1.165) is 37.1 Å². The molecule has 0 aliphatic carbocycles. The maximum absolute atomic E-state index is 12.9. The van der Waals surface area contributed by atoms with Gasteiger partial charge in [0, 0.05) is 43.4 Å². The number of hydrogen-bond donors (Lipinski definition) is 0. The lowest BCUT2D eigenvalue weighted by atomic mass is 9.93. The van der Waals surface area contributed by atoms with Crippen molar-refractivity contribution in [2.45, 2.75) is 31.6 Å². The standard InChI is InChI=1S/C20H21FN4O/c21-17-4-1-15(2-5-17)3-6-20(26)24-13-9-16(10-14-24)18-7-11-22-19-8-12-23-25(18)19/h1-2,4-5,7-8,11-12,16H,3,6,9-10,13-14H2. The van der Waals surface area contributed by atoms with E-state index in [4.69, 9.17) is 0 Å². The molecule has 3 aromatic rings. The molecular weight excluding hydrogens is 331 g/mol. The van der Waals surface area contributed by atoms with Crippen molar-refractivity contribution in [2.75, 3.05) is 13.1 Å². The number of carbonyl (C=O) groups is 1. The third kappa shape index (κ3) is 3.45. The molecule has 2 aromatic heterocycles. The molecule has 1 aromatic carbocycles. The lowest BCUT2D eigenvalue weighted by molar-refractivity contribution is -0.132. The molecule has 0 radical (unpaired) electrons. The van der Waals surface area contributed by atoms with Gasteiger partial charge in [0.05, 0.1) is 6.20 Å². The smallest absolute Gasteiger partial charge is 0.222 e. The summed E-state index contributed by atoms with van der Waals surface area (Å²) < 4.78 is 14.8. The predicted octanol–water partition coefficient (Wildman–Crippen LogP) is 3.21. The highest BCUT2D eigenvalue weighted by atomic mass is 19.1. The molecule has 4 rings (SSSR count). The SMILES string of the molecule is O=C(CCc1ccc(F)cc1)N1CCC(c2ccnc3ccnn23)CC1. The van der Waals surface area contributed by atoms with Crippen LogP contribution in [0.3, 0.4) is 0 Å². The monoisotopic (exact) mass is 352 g/mol. The van der Waals surface area contributed by atoms with E-state index in [1.165, 1.54) is 17.8 Å². The molecule has 0 atom stereocenters. The van der Waals surface area contributed by atoms with Crippen LogP contribution in [0.2, 0.25) is 0 Å². The van der Waals surface area contributed by atoms with Gasteiger partial charge in [-0.2, -0.15) is 5.10 Å². The molecule has 26 heavy (non-hydrogen) atoms. The first-order chi connectivity index (χ1) is 12.7. The first kappa shape index (κ1) is 16.7. The third-order valence-electron chi connectivity index (χ3n) is 5.13. The van der Waals surface area contributed by atoms with Crippen LogP contribution in [-0.2, 0) is 11.2 Å². The maximum Gasteiger partial charge on any atom is 0.222 e. The Morgan fingerprint density at radius 2 is 1.85 bits per heavy atom. The number of aromatic nitrogens is 3. The minimum Gasteiger partial charge on any atom is -0.343 e. The van der Waals surface area contributed by atoms with Gasteiger partial charge >= 0.3 is 0 Å². The highest BCUT2D eigenvalue weighted by Gasteiger charge is 2.25. The summed E-state index contributed by atoms with van der Waals surface area (Å²) in [6.45, 7) is 1.52. The molecule has 1 amide bonds. The molecule has 0 bridgehead atoms. The Balaban J connectivity index is 1.33. The summed E-state index contributed by atoms with van der Waals surface area (Å²) in [5, 5.41) is 4.36. The Hall–Kier alpha value is -2.76. The maximum atomic E-state index is 12.9. The highest BCUT2D eigenvalue weighted by Crippen LogP contribution is 2.28. The van der Waals surface area contributed by atoms with Crippen LogP contribution >= 0.6 is 0 Å². The van der Waals surface area contributed by atoms with Gasteiger partial charge in [0.25, 0.3) is 0 Å². The van der Waals surface area contributed by atoms with Gasteiger partial charge in [-0.25, -0.2) is 13.9 Å². The van der Waals surface area contributed by atoms with Gasteiger partial charge in [-0.3, -0.25) is 4.79 Å². The molecule has 134 valence electrons. The Bertz CT molecular complexity index is 898. The minimum absolute atomic E-state index is 0.173. The number of carbonyl (C=O) groups excluding carboxylic acids is 1. The number of hydrogen-bond acceptors (Lipinski definition) is 3. The summed E-state index contributed by atoms with van der Waals surface area (Å²) in [7, 11) is 0. The van der Waals surface area contributed by atoms with Crippen molar-refractivity contribution in [1.82, 2.24) is 19.5 Å². The highest BCUT2D eigenvalue weighted by molar-refractivity contribution is 5.76. The van der Waals surface area contributed by atoms with Crippen LogP contribution in [0.25, 0.3) is 5.65 Å². The summed E-state index contributed by atoms with van der Waals surface area (Å²) in [5.41, 5.74) is 3.02. The van der Waals surface area contributed by atoms with Gasteiger partial charge in [-0.05, 0) is 43.0 Å². The van der Waals surface area contributed by atoms with E-state index in [0.29, 0.717) is 18.8 Å². The zero-order chi connectivity index (χ0) is 17.9. The largest absolute Gasteiger partial charge is 0.343 e. The van der Waals surface area contributed by atoms with E-state index >= 15 is 0 Å². The molecule has 0 spiro atoms. The Morgan fingerprint density at radius 3 is 2.62 bits per heavy atom. The van der Waals surface area contributed by atoms with Crippen LogP contribution in [0.5, 0.6) is 0 Å². The fourth-order valence-electron chi connectivity index (χ4n) is 3.65. The first-order valence-corrected chi connectivity index (χ1v) is 9.01. The topological polar surface area (TPSA) is 50.5 Å². The van der Waals surface area contributed by atoms with Crippen LogP contribution in [-0.4, -0.2) is 38.5 Å². The van der Waals surface area contributed by atoms with E-state index in [-0.39, 0.29) is 11.7 Å². The quantitative estimate of drug-likeness (QED) is 0.724. The van der Waals surface area contributed by atoms with E-state index in [9.17, 15) is 9.18 Å². The summed E-state index contributed by atoms with van der Waals surface area (Å²) in [4.78, 5) is 18.7. The molecule has 3 heterocycles. The van der Waals surface area contributed by atoms with Crippen molar-refractivity contribution in [3.8, 4) is 0 Å². The zero-order valence-corrected chi connectivity index (χ0v) is 14.5. The Kier molecular flexibility index (Phi) is 4.65. The second-order valence-electron chi connectivity index (χ2n) is 6.75. The number of fused-ring (bicyclic) bond motifs is 1. The lowest BCUT2D eigenvalue weighted by Crippen LogP contribution is -2.38. The molecule has 1 fully saturated rings. The summed E-state index contributed by atoms with van der Waals surface area (Å²) >= 11 is 0. The van der Waals surface area contributed by atoms with Gasteiger partial charge in [0.2, 0.25) is 5.91 Å². The summed E-state index contributed by atoms with van der Waals surface area (Å²) in [6, 6.07) is 10.3. The molecule has 0 unspecified atom stereocenters. The van der Waals surface area contributed by atoms with Crippen molar-refractivity contribution in [3.05, 3.63) is 65.9 Å². The molecule has 1 saturated heterocycles. The van der Waals surface area contributed by atoms with Gasteiger partial charge in [0.1, 0.15) is 5.82 Å². The summed E-state index contributed by atoms with van der Waals surface area (Å²) in [5.74, 6) is 0.317. The number of rotatable bonds is 4. The average molecular weight is 352 g/mol. The van der Waals surface area contributed by atoms with Crippen molar-refractivity contribution in [1.29, 1.82) is 0 Å². The fourth-order valence-corrected chi connectivity index (χ4v) is 3.65. The number of aryl methyl sites for hydroxylation is 1. The summed E-state index contributed by atoms with van der Waals surface area (Å²) in [6.07, 6.45) is 6.57. The van der Waals surface area contributed by atoms with Crippen molar-refractivity contribution in [2.24, 2.45) is 0 Å². The molecule has 6 heteroatoms. The van der Waals surface area contributed by atoms with E-state index in [1.807, 2.05) is 27.7 Å². The van der Waals surface area contributed by atoms with Gasteiger partial charge in [-0.1, -0.05) is 12.1 Å². The first-order valence-electron chi connectivity index (χ1n) is 9.01. The number of piperidine rings is 1. The predicted molar refractivity (Wildman–Crippen MR) is 96.3 cm³/mol. The molecule has 1 aliphatic heterocycles. The van der Waals surface area contributed by atoms with Crippen molar-refractivity contribution >= 4 is 11.6 Å². The van der Waals surface area contributed by atoms with Crippen LogP contribution in [0.4, 0.5) is 4.39 Å². The van der Waals surface area contributed by atoms with Crippen LogP contribution in [0, 0.1) is 5.82 Å². The molecular formula is C20H21FN4O. The normalized spacial score (nSPS) is 15.5. The van der Waals surface area contributed by atoms with Gasteiger partial charge in [0.15, 0.2) is 5.65 Å². The molecule has 0 saturated carbocycles. The number of likely N-dealkylation sites (tertiary alicyclic amines) is 1. The van der Waals surface area contributed by atoms with E-state index < -0.39 is 0 Å². The zero-order valence-electron chi connectivity index (χ0n) is 14.5. The van der Waals surface area contributed by atoms with E-state index in [2.05, 4.69) is 10.1 Å². The van der Waals surface area contributed by atoms with Gasteiger partial charge < -0.3 is 4.90 Å². The van der Waals surface area contributed by atoms with Crippen molar-refractivity contribution < 1.29 is 9.18 Å². The second kappa shape index (κ2) is 7.23. The second-order valence-corrected chi connectivity index (χ2v) is 6.75. The Labute approximate surface area is 151 Å². The van der Waals surface area contributed by atoms with Crippen molar-refractivity contribution in [3.63, 3.8) is 0 Å². The minimum atomic E-state index is -0.246. The molecule has 5 nitrogen and oxygen atoms in total.